The lowest BCUT2D eigenvalue weighted by molar-refractivity contribution is -0.141. The number of aromatic nitrogens is 1. The molecule has 7 rings (SSSR count). The molecule has 1 aliphatic heterocycles. The maximum atomic E-state index is 14.5. The first-order valence-electron chi connectivity index (χ1n) is 19.3. The van der Waals surface area contributed by atoms with Gasteiger partial charge in [-0.15, -0.1) is 6.58 Å². The molecule has 54 heavy (non-hydrogen) atoms. The highest BCUT2D eigenvalue weighted by Gasteiger charge is 2.62. The van der Waals surface area contributed by atoms with Crippen LogP contribution in [0, 0.1) is 11.8 Å². The van der Waals surface area contributed by atoms with Crippen molar-refractivity contribution in [2.45, 2.75) is 126 Å². The van der Waals surface area contributed by atoms with Crippen molar-refractivity contribution in [2.24, 2.45) is 11.8 Å². The number of sulfonamides is 1. The molecule has 5 atom stereocenters. The van der Waals surface area contributed by atoms with Gasteiger partial charge >= 0.3 is 6.09 Å². The van der Waals surface area contributed by atoms with Crippen molar-refractivity contribution in [2.75, 3.05) is 13.7 Å². The minimum atomic E-state index is -3.89. The van der Waals surface area contributed by atoms with Crippen LogP contribution in [0.4, 0.5) is 4.79 Å². The largest absolute Gasteiger partial charge is 0.497 e. The summed E-state index contributed by atoms with van der Waals surface area (Å²) in [7, 11) is -2.29. The molecule has 0 bridgehead atoms. The summed E-state index contributed by atoms with van der Waals surface area (Å²) in [6, 6.07) is 3.49. The Hall–Kier alpha value is -4.40. The Morgan fingerprint density at radius 1 is 1.04 bits per heavy atom. The summed E-state index contributed by atoms with van der Waals surface area (Å²) in [5.74, 6) is -1.48. The van der Waals surface area contributed by atoms with Crippen molar-refractivity contribution in [1.82, 2.24) is 25.2 Å². The predicted molar refractivity (Wildman–Crippen MR) is 199 cm³/mol. The lowest BCUT2D eigenvalue weighted by atomic mass is 9.93. The fraction of sp³-hybridized carbons (Fsp3) is 0.615. The normalized spacial score (nSPS) is 25.8. The molecule has 2 aromatic rings. The fourth-order valence-electron chi connectivity index (χ4n) is 8.19. The van der Waals surface area contributed by atoms with E-state index in [0.717, 1.165) is 68.0 Å². The van der Waals surface area contributed by atoms with Gasteiger partial charge < -0.3 is 29.7 Å². The maximum absolute atomic E-state index is 14.5. The standard InChI is InChI=1S/C39H51N5O9S/c1-5-23-20-39(23,37(47)43-54(49,50)27-15-16-27)42-35(45)32-19-26(21-44(32)36(46)33(22(2)3)41-38(48)53-24-10-6-7-11-24)52-34-28-12-8-9-13-30(28)40-31-18-25(51-4)14-17-29(31)34/h5,14,17-18,22-24,26-27,32-33H,1,6-13,15-16,19-21H2,2-4H3,(H,41,48)(H,42,45)(H,43,47)/t23?,26-,32+,33+,39?/m1/s1. The van der Waals surface area contributed by atoms with Crippen LogP contribution in [0.2, 0.25) is 0 Å². The average Bonchev–Trinajstić information content (AvgIpc) is 4.03. The van der Waals surface area contributed by atoms with Crippen LogP contribution in [0.15, 0.2) is 30.9 Å². The Morgan fingerprint density at radius 3 is 2.44 bits per heavy atom. The summed E-state index contributed by atoms with van der Waals surface area (Å²) in [6.07, 6.45) is 8.18. The molecule has 0 spiro atoms. The van der Waals surface area contributed by atoms with E-state index in [2.05, 4.69) is 21.9 Å². The Bertz CT molecular complexity index is 1940. The lowest BCUT2D eigenvalue weighted by Crippen LogP contribution is -2.59. The van der Waals surface area contributed by atoms with E-state index in [-0.39, 0.29) is 31.4 Å². The van der Waals surface area contributed by atoms with Crippen LogP contribution in [0.1, 0.15) is 89.3 Å². The lowest BCUT2D eigenvalue weighted by Gasteiger charge is -2.31. The van der Waals surface area contributed by atoms with Crippen molar-refractivity contribution in [3.63, 3.8) is 0 Å². The van der Waals surface area contributed by atoms with E-state index in [1.54, 1.807) is 21.0 Å². The minimum absolute atomic E-state index is 0.0222. The highest BCUT2D eigenvalue weighted by atomic mass is 32.2. The number of ether oxygens (including phenoxy) is 3. The number of hydrogen-bond donors (Lipinski definition) is 3. The van der Waals surface area contributed by atoms with Gasteiger partial charge in [0.25, 0.3) is 5.91 Å². The number of likely N-dealkylation sites (tertiary alicyclic amines) is 1. The van der Waals surface area contributed by atoms with Crippen LogP contribution >= 0.6 is 0 Å². The molecular weight excluding hydrogens is 715 g/mol. The second-order valence-electron chi connectivity index (χ2n) is 15.8. The molecule has 1 saturated heterocycles. The summed E-state index contributed by atoms with van der Waals surface area (Å²) in [4.78, 5) is 61.9. The summed E-state index contributed by atoms with van der Waals surface area (Å²) in [5, 5.41) is 5.76. The van der Waals surface area contributed by atoms with E-state index in [4.69, 9.17) is 19.2 Å². The van der Waals surface area contributed by atoms with Crippen LogP contribution in [-0.4, -0.2) is 90.9 Å². The van der Waals surface area contributed by atoms with Crippen LogP contribution < -0.4 is 24.8 Å². The van der Waals surface area contributed by atoms with Crippen molar-refractivity contribution in [3.05, 3.63) is 42.1 Å². The first-order valence-corrected chi connectivity index (χ1v) is 20.8. The van der Waals surface area contributed by atoms with Gasteiger partial charge in [0.1, 0.15) is 41.3 Å². The Balaban J connectivity index is 1.18. The number of aryl methyl sites for hydroxylation is 1. The van der Waals surface area contributed by atoms with Gasteiger partial charge in [-0.3, -0.25) is 24.1 Å². The third kappa shape index (κ3) is 7.60. The van der Waals surface area contributed by atoms with Crippen molar-refractivity contribution >= 4 is 44.7 Å². The molecule has 15 heteroatoms. The molecule has 3 N–H and O–H groups in total. The van der Waals surface area contributed by atoms with Crippen LogP contribution in [0.5, 0.6) is 11.5 Å². The highest BCUT2D eigenvalue weighted by molar-refractivity contribution is 7.91. The fourth-order valence-corrected chi connectivity index (χ4v) is 9.56. The summed E-state index contributed by atoms with van der Waals surface area (Å²) in [5.41, 5.74) is 1.13. The second kappa shape index (κ2) is 15.0. The summed E-state index contributed by atoms with van der Waals surface area (Å²) >= 11 is 0. The van der Waals surface area contributed by atoms with Gasteiger partial charge in [0.2, 0.25) is 21.8 Å². The molecule has 292 valence electrons. The number of hydrogen-bond acceptors (Lipinski definition) is 10. The number of nitrogens with zero attached hydrogens (tertiary/aromatic N) is 2. The molecule has 2 unspecified atom stereocenters. The number of benzene rings is 1. The van der Waals surface area contributed by atoms with E-state index in [9.17, 15) is 27.6 Å². The van der Waals surface area contributed by atoms with Gasteiger partial charge in [-0.2, -0.15) is 0 Å². The quantitative estimate of drug-likeness (QED) is 0.254. The van der Waals surface area contributed by atoms with Gasteiger partial charge in [0, 0.05) is 35.0 Å². The molecule has 4 aliphatic carbocycles. The van der Waals surface area contributed by atoms with E-state index in [1.807, 2.05) is 18.2 Å². The van der Waals surface area contributed by atoms with E-state index < -0.39 is 68.7 Å². The van der Waals surface area contributed by atoms with E-state index in [1.165, 1.54) is 11.0 Å². The van der Waals surface area contributed by atoms with Crippen LogP contribution in [0.25, 0.3) is 10.9 Å². The van der Waals surface area contributed by atoms with E-state index in [0.29, 0.717) is 29.9 Å². The number of pyridine rings is 1. The number of nitrogens with one attached hydrogen (secondary N) is 3. The number of alkyl carbamates (subject to hydrolysis) is 1. The van der Waals surface area contributed by atoms with Crippen LogP contribution in [0.3, 0.4) is 0 Å². The molecule has 1 aromatic carbocycles. The second-order valence-corrected chi connectivity index (χ2v) is 17.8. The van der Waals surface area contributed by atoms with Crippen LogP contribution in [-0.2, 0) is 42.0 Å². The molecular formula is C39H51N5O9S. The van der Waals surface area contributed by atoms with Gasteiger partial charge in [0.05, 0.1) is 24.4 Å². The van der Waals surface area contributed by atoms with Crippen molar-refractivity contribution in [1.29, 1.82) is 0 Å². The van der Waals surface area contributed by atoms with Gasteiger partial charge in [-0.25, -0.2) is 13.2 Å². The summed E-state index contributed by atoms with van der Waals surface area (Å²) in [6.45, 7) is 7.43. The van der Waals surface area contributed by atoms with Crippen molar-refractivity contribution < 1.29 is 41.8 Å². The van der Waals surface area contributed by atoms with Gasteiger partial charge in [-0.1, -0.05) is 19.9 Å². The van der Waals surface area contributed by atoms with E-state index >= 15 is 0 Å². The first kappa shape index (κ1) is 37.9. The molecule has 0 radical (unpaired) electrons. The topological polar surface area (TPSA) is 182 Å². The molecule has 5 aliphatic rings. The highest BCUT2D eigenvalue weighted by Crippen LogP contribution is 2.46. The molecule has 1 aromatic heterocycles. The molecule has 3 saturated carbocycles. The maximum Gasteiger partial charge on any atom is 0.408 e. The Morgan fingerprint density at radius 2 is 1.78 bits per heavy atom. The van der Waals surface area contributed by atoms with Gasteiger partial charge in [0.15, 0.2) is 0 Å². The number of amides is 4. The third-order valence-corrected chi connectivity index (χ3v) is 13.4. The zero-order chi connectivity index (χ0) is 38.4. The SMILES string of the molecule is C=CC1CC1(NC(=O)[C@@H]1C[C@@H](Oc2c3c(nc4cc(OC)ccc24)CCCC3)CN1C(=O)[C@@H](NC(=O)OC1CCCC1)C(C)C)C(=O)NS(=O)(=O)C1CC1. The zero-order valence-corrected chi connectivity index (χ0v) is 32.0. The molecule has 4 fully saturated rings. The predicted octanol–water partition coefficient (Wildman–Crippen LogP) is 3.83. The first-order chi connectivity index (χ1) is 25.8. The smallest absolute Gasteiger partial charge is 0.408 e. The monoisotopic (exact) mass is 765 g/mol. The average molecular weight is 766 g/mol. The molecule has 14 nitrogen and oxygen atoms in total. The third-order valence-electron chi connectivity index (χ3n) is 11.6. The number of carbonyl (C=O) groups is 4. The number of rotatable bonds is 13. The molecule has 4 amide bonds. The van der Waals surface area contributed by atoms with Gasteiger partial charge in [-0.05, 0) is 88.7 Å². The van der Waals surface area contributed by atoms with Crippen molar-refractivity contribution in [3.8, 4) is 11.5 Å². The molecule has 2 heterocycles. The zero-order valence-electron chi connectivity index (χ0n) is 31.2. The Kier molecular flexibility index (Phi) is 10.5. The minimum Gasteiger partial charge on any atom is -0.497 e. The number of carbonyl (C=O) groups excluding carboxylic acids is 4. The number of methoxy groups -OCH3 is 1. The summed E-state index contributed by atoms with van der Waals surface area (Å²) < 4.78 is 45.6. The number of fused-ring (bicyclic) bond motifs is 2. The Labute approximate surface area is 316 Å².